The van der Waals surface area contributed by atoms with Gasteiger partial charge in [0.2, 0.25) is 0 Å². The third-order valence-corrected chi connectivity index (χ3v) is 1.70. The quantitative estimate of drug-likeness (QED) is 0.801. The molecule has 2 rings (SSSR count). The largest absolute Gasteiger partial charge is 0.479 e. The van der Waals surface area contributed by atoms with Gasteiger partial charge < -0.3 is 4.74 Å². The van der Waals surface area contributed by atoms with E-state index in [-0.39, 0.29) is 0 Å². The summed E-state index contributed by atoms with van der Waals surface area (Å²) in [6.07, 6.45) is 1.73. The Morgan fingerprint density at radius 2 is 1.59 bits per heavy atom. The minimum Gasteiger partial charge on any atom is -0.479 e. The zero-order valence-electron chi connectivity index (χ0n) is 11.2. The Kier molecular flexibility index (Phi) is 8.37. The number of methoxy groups -OCH3 is 1. The van der Waals surface area contributed by atoms with E-state index in [0.29, 0.717) is 5.88 Å². The summed E-state index contributed by atoms with van der Waals surface area (Å²) in [6.45, 7) is 8.00. The standard InChI is InChI=1S/C9H9N3O.2C2H6/c1-13-9-7-12(11-10-9)8-5-3-2-4-6-8;2*1-2/h2-7H,1H3;2*1-2H3. The maximum absolute atomic E-state index is 4.92. The minimum atomic E-state index is 0.517. The topological polar surface area (TPSA) is 39.9 Å². The molecule has 0 bridgehead atoms. The smallest absolute Gasteiger partial charge is 0.253 e. The Balaban J connectivity index is 0.000000581. The predicted octanol–water partition coefficient (Wildman–Crippen LogP) is 3.33. The molecule has 1 aromatic heterocycles. The van der Waals surface area contributed by atoms with Crippen molar-refractivity contribution in [3.05, 3.63) is 36.5 Å². The summed E-state index contributed by atoms with van der Waals surface area (Å²) in [5, 5.41) is 7.70. The number of hydrogen-bond acceptors (Lipinski definition) is 3. The highest BCUT2D eigenvalue weighted by Gasteiger charge is 1.99. The molecule has 0 spiro atoms. The van der Waals surface area contributed by atoms with Crippen LogP contribution in [0.5, 0.6) is 5.88 Å². The van der Waals surface area contributed by atoms with Crippen molar-refractivity contribution in [1.82, 2.24) is 15.0 Å². The lowest BCUT2D eigenvalue weighted by atomic mass is 10.3. The van der Waals surface area contributed by atoms with Crippen molar-refractivity contribution < 1.29 is 4.74 Å². The second kappa shape index (κ2) is 9.39. The molecule has 0 aliphatic heterocycles. The molecule has 2 aromatic rings. The van der Waals surface area contributed by atoms with Gasteiger partial charge >= 0.3 is 0 Å². The summed E-state index contributed by atoms with van der Waals surface area (Å²) in [5.41, 5.74) is 0.971. The Bertz CT molecular complexity index is 385. The van der Waals surface area contributed by atoms with Crippen molar-refractivity contribution in [1.29, 1.82) is 0 Å². The molecule has 94 valence electrons. The van der Waals surface area contributed by atoms with Gasteiger partial charge in [-0.25, -0.2) is 4.68 Å². The Morgan fingerprint density at radius 3 is 2.06 bits per heavy atom. The second-order valence-electron chi connectivity index (χ2n) is 2.54. The third kappa shape index (κ3) is 4.68. The van der Waals surface area contributed by atoms with Crippen molar-refractivity contribution >= 4 is 0 Å². The van der Waals surface area contributed by atoms with Gasteiger partial charge in [-0.1, -0.05) is 56.2 Å². The summed E-state index contributed by atoms with van der Waals surface area (Å²) in [5.74, 6) is 0.517. The highest BCUT2D eigenvalue weighted by molar-refractivity contribution is 5.30. The van der Waals surface area contributed by atoms with Gasteiger partial charge in [0.1, 0.15) is 0 Å². The molecular weight excluding hydrogens is 214 g/mol. The number of aromatic nitrogens is 3. The summed E-state index contributed by atoms with van der Waals surface area (Å²) < 4.78 is 6.59. The fourth-order valence-electron chi connectivity index (χ4n) is 1.05. The maximum atomic E-state index is 4.92. The van der Waals surface area contributed by atoms with Crippen LogP contribution in [0.4, 0.5) is 0 Å². The van der Waals surface area contributed by atoms with Crippen LogP contribution in [0.15, 0.2) is 36.5 Å². The van der Waals surface area contributed by atoms with Gasteiger partial charge in [0, 0.05) is 0 Å². The van der Waals surface area contributed by atoms with Crippen LogP contribution in [0.25, 0.3) is 5.69 Å². The van der Waals surface area contributed by atoms with Crippen LogP contribution in [0.2, 0.25) is 0 Å². The van der Waals surface area contributed by atoms with Crippen molar-refractivity contribution in [2.24, 2.45) is 0 Å². The Hall–Kier alpha value is -1.84. The van der Waals surface area contributed by atoms with Gasteiger partial charge in [0.05, 0.1) is 19.0 Å². The van der Waals surface area contributed by atoms with E-state index in [9.17, 15) is 0 Å². The molecule has 0 aliphatic rings. The monoisotopic (exact) mass is 235 g/mol. The molecule has 0 radical (unpaired) electrons. The lowest BCUT2D eigenvalue weighted by Crippen LogP contribution is -1.93. The molecule has 1 aromatic carbocycles. The normalized spacial score (nSPS) is 8.29. The first-order chi connectivity index (χ1) is 8.40. The van der Waals surface area contributed by atoms with E-state index < -0.39 is 0 Å². The van der Waals surface area contributed by atoms with E-state index in [1.54, 1.807) is 18.0 Å². The fraction of sp³-hybridized carbons (Fsp3) is 0.385. The predicted molar refractivity (Wildman–Crippen MR) is 70.6 cm³/mol. The van der Waals surface area contributed by atoms with Gasteiger partial charge in [0.25, 0.3) is 5.88 Å². The molecule has 1 heterocycles. The molecule has 0 aliphatic carbocycles. The van der Waals surface area contributed by atoms with Crippen LogP contribution in [0.1, 0.15) is 27.7 Å². The zero-order valence-corrected chi connectivity index (χ0v) is 11.2. The van der Waals surface area contributed by atoms with E-state index in [4.69, 9.17) is 4.74 Å². The molecule has 4 nitrogen and oxygen atoms in total. The molecule has 0 amide bonds. The first-order valence-corrected chi connectivity index (χ1v) is 5.92. The summed E-state index contributed by atoms with van der Waals surface area (Å²) in [7, 11) is 1.57. The number of benzene rings is 1. The van der Waals surface area contributed by atoms with Crippen LogP contribution >= 0.6 is 0 Å². The fourth-order valence-corrected chi connectivity index (χ4v) is 1.05. The number of ether oxygens (including phenoxy) is 1. The molecule has 0 N–H and O–H groups in total. The first-order valence-electron chi connectivity index (χ1n) is 5.92. The number of para-hydroxylation sites is 1. The lowest BCUT2D eigenvalue weighted by Gasteiger charge is -1.96. The molecule has 0 saturated heterocycles. The summed E-state index contributed by atoms with van der Waals surface area (Å²) in [4.78, 5) is 0. The average molecular weight is 235 g/mol. The molecule has 17 heavy (non-hydrogen) atoms. The minimum absolute atomic E-state index is 0.517. The van der Waals surface area contributed by atoms with Crippen molar-refractivity contribution in [3.8, 4) is 11.6 Å². The number of rotatable bonds is 2. The van der Waals surface area contributed by atoms with Crippen LogP contribution < -0.4 is 4.74 Å². The van der Waals surface area contributed by atoms with Gasteiger partial charge in [-0.3, -0.25) is 0 Å². The first kappa shape index (κ1) is 15.2. The van der Waals surface area contributed by atoms with Gasteiger partial charge in [-0.2, -0.15) is 0 Å². The van der Waals surface area contributed by atoms with Crippen molar-refractivity contribution in [3.63, 3.8) is 0 Å². The van der Waals surface area contributed by atoms with Gasteiger partial charge in [-0.05, 0) is 12.1 Å². The van der Waals surface area contributed by atoms with Crippen LogP contribution in [0, 0.1) is 0 Å². The van der Waals surface area contributed by atoms with E-state index in [0.717, 1.165) is 5.69 Å². The third-order valence-electron chi connectivity index (χ3n) is 1.70. The van der Waals surface area contributed by atoms with E-state index in [2.05, 4.69) is 10.3 Å². The zero-order chi connectivity index (χ0) is 13.1. The summed E-state index contributed by atoms with van der Waals surface area (Å²) in [6, 6.07) is 9.76. The number of nitrogens with zero attached hydrogens (tertiary/aromatic N) is 3. The molecular formula is C13H21N3O. The lowest BCUT2D eigenvalue weighted by molar-refractivity contribution is 0.397. The Morgan fingerprint density at radius 1 is 1.00 bits per heavy atom. The summed E-state index contributed by atoms with van der Waals surface area (Å²) >= 11 is 0. The van der Waals surface area contributed by atoms with Crippen LogP contribution in [-0.2, 0) is 0 Å². The maximum Gasteiger partial charge on any atom is 0.253 e. The highest BCUT2D eigenvalue weighted by Crippen LogP contribution is 2.08. The van der Waals surface area contributed by atoms with E-state index in [1.165, 1.54) is 0 Å². The average Bonchev–Trinajstić information content (AvgIpc) is 2.93. The van der Waals surface area contributed by atoms with E-state index in [1.807, 2.05) is 58.0 Å². The van der Waals surface area contributed by atoms with Crippen molar-refractivity contribution in [2.45, 2.75) is 27.7 Å². The molecule has 0 unspecified atom stereocenters. The second-order valence-corrected chi connectivity index (χ2v) is 2.54. The highest BCUT2D eigenvalue weighted by atomic mass is 16.5. The van der Waals surface area contributed by atoms with Crippen LogP contribution in [-0.4, -0.2) is 22.1 Å². The SMILES string of the molecule is CC.CC.COc1cn(-c2ccccc2)nn1. The van der Waals surface area contributed by atoms with Gasteiger partial charge in [-0.15, -0.1) is 0 Å². The molecule has 0 atom stereocenters. The number of hydrogen-bond donors (Lipinski definition) is 0. The molecule has 4 heteroatoms. The van der Waals surface area contributed by atoms with Gasteiger partial charge in [0.15, 0.2) is 0 Å². The molecule has 0 fully saturated rings. The van der Waals surface area contributed by atoms with E-state index >= 15 is 0 Å². The molecule has 0 saturated carbocycles. The van der Waals surface area contributed by atoms with Crippen molar-refractivity contribution in [2.75, 3.05) is 7.11 Å². The Labute approximate surface area is 103 Å². The van der Waals surface area contributed by atoms with Crippen LogP contribution in [0.3, 0.4) is 0 Å².